The molecule has 0 spiro atoms. The fourth-order valence-electron chi connectivity index (χ4n) is 2.97. The molecular weight excluding hydrogens is 370 g/mol. The molecule has 27 heavy (non-hydrogen) atoms. The monoisotopic (exact) mass is 391 g/mol. The molecule has 1 aromatic carbocycles. The van der Waals surface area contributed by atoms with Gasteiger partial charge in [0.25, 0.3) is 0 Å². The van der Waals surface area contributed by atoms with E-state index >= 15 is 0 Å². The molecule has 2 rings (SSSR count). The van der Waals surface area contributed by atoms with E-state index in [4.69, 9.17) is 26.9 Å². The minimum Gasteiger partial charge on any atom is -0.463 e. The van der Waals surface area contributed by atoms with E-state index in [1.165, 1.54) is 6.21 Å². The highest BCUT2D eigenvalue weighted by Crippen LogP contribution is 2.41. The topological polar surface area (TPSA) is 103 Å². The van der Waals surface area contributed by atoms with Crippen LogP contribution in [0.2, 0.25) is 5.02 Å². The first-order valence-corrected chi connectivity index (χ1v) is 8.87. The lowest BCUT2D eigenvalue weighted by Gasteiger charge is -2.30. The fourth-order valence-corrected chi connectivity index (χ4v) is 3.21. The van der Waals surface area contributed by atoms with Crippen LogP contribution in [-0.4, -0.2) is 31.4 Å². The molecule has 144 valence electrons. The minimum atomic E-state index is -0.786. The normalized spacial score (nSPS) is 17.1. The zero-order valence-electron chi connectivity index (χ0n) is 15.4. The van der Waals surface area contributed by atoms with Crippen molar-refractivity contribution in [2.45, 2.75) is 26.7 Å². The van der Waals surface area contributed by atoms with Crippen LogP contribution in [0.5, 0.6) is 0 Å². The number of ether oxygens (including phenoxy) is 2. The molecule has 0 saturated carbocycles. The summed E-state index contributed by atoms with van der Waals surface area (Å²) in [5.41, 5.74) is 1.90. The van der Waals surface area contributed by atoms with Gasteiger partial charge in [-0.1, -0.05) is 29.8 Å². The van der Waals surface area contributed by atoms with E-state index in [9.17, 15) is 9.59 Å². The van der Waals surface area contributed by atoms with Gasteiger partial charge in [-0.3, -0.25) is 0 Å². The minimum absolute atomic E-state index is 0.169. The molecule has 1 aliphatic heterocycles. The maximum Gasteiger partial charge on any atom is 0.337 e. The lowest BCUT2D eigenvalue weighted by molar-refractivity contribution is -0.139. The number of carbonyl (C=O) groups is 2. The Morgan fingerprint density at radius 3 is 2.33 bits per heavy atom. The van der Waals surface area contributed by atoms with Crippen molar-refractivity contribution in [2.24, 2.45) is 10.9 Å². The van der Waals surface area contributed by atoms with Gasteiger partial charge >= 0.3 is 11.9 Å². The zero-order chi connectivity index (χ0) is 20.0. The third kappa shape index (κ3) is 4.31. The van der Waals surface area contributed by atoms with Gasteiger partial charge in [0.1, 0.15) is 0 Å². The van der Waals surface area contributed by atoms with Crippen LogP contribution in [0.3, 0.4) is 0 Å². The zero-order valence-corrected chi connectivity index (χ0v) is 16.2. The van der Waals surface area contributed by atoms with Gasteiger partial charge in [0.15, 0.2) is 0 Å². The van der Waals surface area contributed by atoms with Crippen molar-refractivity contribution >= 4 is 29.8 Å². The molecule has 1 heterocycles. The molecule has 0 bridgehead atoms. The number of hydrazone groups is 1. The van der Waals surface area contributed by atoms with Crippen LogP contribution in [0.15, 0.2) is 51.9 Å². The molecule has 1 aromatic rings. The number of dihydropyridines is 1. The Kier molecular flexibility index (Phi) is 7.01. The van der Waals surface area contributed by atoms with Crippen LogP contribution in [0, 0.1) is 0 Å². The smallest absolute Gasteiger partial charge is 0.337 e. The summed E-state index contributed by atoms with van der Waals surface area (Å²) >= 11 is 6.40. The summed E-state index contributed by atoms with van der Waals surface area (Å²) in [6.45, 7) is 5.48. The van der Waals surface area contributed by atoms with Gasteiger partial charge in [-0.15, -0.1) is 0 Å². The predicted molar refractivity (Wildman–Crippen MR) is 103 cm³/mol. The van der Waals surface area contributed by atoms with E-state index in [1.54, 1.807) is 45.0 Å². The molecule has 1 aliphatic rings. The van der Waals surface area contributed by atoms with Crippen molar-refractivity contribution in [2.75, 3.05) is 13.2 Å². The van der Waals surface area contributed by atoms with Crippen molar-refractivity contribution in [3.05, 3.63) is 57.4 Å². The number of nitrogens with zero attached hydrogens (tertiary/aromatic N) is 1. The Morgan fingerprint density at radius 1 is 1.19 bits per heavy atom. The summed E-state index contributed by atoms with van der Waals surface area (Å²) in [6.07, 6.45) is 1.31. The van der Waals surface area contributed by atoms with Gasteiger partial charge in [-0.25, -0.2) is 9.59 Å². The Labute approximate surface area is 162 Å². The average molecular weight is 392 g/mol. The second kappa shape index (κ2) is 9.23. The summed E-state index contributed by atoms with van der Waals surface area (Å²) in [7, 11) is 0. The quantitative estimate of drug-likeness (QED) is 0.334. The van der Waals surface area contributed by atoms with Gasteiger partial charge in [-0.05, 0) is 32.4 Å². The Balaban J connectivity index is 2.76. The number of hydrogen-bond acceptors (Lipinski definition) is 7. The molecule has 3 N–H and O–H groups in total. The number of carbonyl (C=O) groups excluding carboxylic acids is 2. The predicted octanol–water partition coefficient (Wildman–Crippen LogP) is 2.63. The van der Waals surface area contributed by atoms with E-state index in [0.29, 0.717) is 22.0 Å². The number of nitrogens with two attached hydrogens (primary N) is 1. The van der Waals surface area contributed by atoms with Crippen LogP contribution >= 0.6 is 11.6 Å². The molecule has 0 fully saturated rings. The molecule has 0 saturated heterocycles. The molecule has 0 radical (unpaired) electrons. The van der Waals surface area contributed by atoms with Crippen LogP contribution < -0.4 is 11.2 Å². The maximum atomic E-state index is 12.8. The molecule has 0 amide bonds. The van der Waals surface area contributed by atoms with E-state index in [1.807, 2.05) is 0 Å². The summed E-state index contributed by atoms with van der Waals surface area (Å²) in [5, 5.41) is 6.93. The highest BCUT2D eigenvalue weighted by Gasteiger charge is 2.39. The number of nitrogens with one attached hydrogen (secondary N) is 1. The third-order valence-corrected chi connectivity index (χ3v) is 4.35. The van der Waals surface area contributed by atoms with Crippen molar-refractivity contribution < 1.29 is 19.1 Å². The van der Waals surface area contributed by atoms with Crippen molar-refractivity contribution in [3.63, 3.8) is 0 Å². The first-order valence-electron chi connectivity index (χ1n) is 8.50. The Hall–Kier alpha value is -2.80. The molecule has 0 aliphatic carbocycles. The lowest BCUT2D eigenvalue weighted by Crippen LogP contribution is -2.34. The Morgan fingerprint density at radius 2 is 1.78 bits per heavy atom. The van der Waals surface area contributed by atoms with E-state index in [2.05, 4.69) is 10.4 Å². The highest BCUT2D eigenvalue weighted by molar-refractivity contribution is 6.31. The van der Waals surface area contributed by atoms with Crippen molar-refractivity contribution in [1.82, 2.24) is 5.32 Å². The average Bonchev–Trinajstić information content (AvgIpc) is 2.62. The fraction of sp³-hybridized carbons (Fsp3) is 0.316. The number of halogens is 1. The van der Waals surface area contributed by atoms with Gasteiger partial charge in [-0.2, -0.15) is 5.10 Å². The number of allylic oxidation sites excluding steroid dienone is 2. The van der Waals surface area contributed by atoms with Crippen LogP contribution in [-0.2, 0) is 19.1 Å². The molecule has 7 nitrogen and oxygen atoms in total. The maximum absolute atomic E-state index is 12.8. The van der Waals surface area contributed by atoms with E-state index in [-0.39, 0.29) is 24.4 Å². The first-order chi connectivity index (χ1) is 13.0. The molecular formula is C19H22ClN3O4. The van der Waals surface area contributed by atoms with E-state index < -0.39 is 17.9 Å². The van der Waals surface area contributed by atoms with Gasteiger partial charge in [0, 0.05) is 10.7 Å². The van der Waals surface area contributed by atoms with Crippen LogP contribution in [0.25, 0.3) is 0 Å². The van der Waals surface area contributed by atoms with Crippen molar-refractivity contribution in [3.8, 4) is 0 Å². The number of esters is 2. The summed E-state index contributed by atoms with van der Waals surface area (Å²) in [6, 6.07) is 6.99. The molecule has 1 unspecified atom stereocenters. The van der Waals surface area contributed by atoms with Crippen LogP contribution in [0.1, 0.15) is 32.3 Å². The third-order valence-electron chi connectivity index (χ3n) is 4.00. The standard InChI is InChI=1S/C19H22ClN3O4/c1-4-26-18(24)15-11(3)23-14(10-22-21)17(19(25)27-5-2)16(15)12-8-6-7-9-13(12)20/h6-10,16,23H,4-5,21H2,1-3H3. The summed E-state index contributed by atoms with van der Waals surface area (Å²) < 4.78 is 10.4. The number of hydrogen-bond donors (Lipinski definition) is 2. The number of rotatable bonds is 6. The highest BCUT2D eigenvalue weighted by atomic mass is 35.5. The summed E-state index contributed by atoms with van der Waals surface area (Å²) in [5.74, 6) is 3.38. The van der Waals surface area contributed by atoms with Gasteiger partial charge in [0.05, 0.1) is 42.2 Å². The molecule has 0 aromatic heterocycles. The molecule has 8 heteroatoms. The lowest BCUT2D eigenvalue weighted by atomic mass is 9.80. The summed E-state index contributed by atoms with van der Waals surface area (Å²) in [4.78, 5) is 25.5. The Bertz CT molecular complexity index is 830. The largest absolute Gasteiger partial charge is 0.463 e. The molecule has 1 atom stereocenters. The first kappa shape index (κ1) is 20.5. The number of benzene rings is 1. The second-order valence-corrected chi connectivity index (χ2v) is 6.07. The second-order valence-electron chi connectivity index (χ2n) is 5.66. The van der Waals surface area contributed by atoms with Gasteiger partial charge < -0.3 is 20.6 Å². The van der Waals surface area contributed by atoms with Crippen molar-refractivity contribution in [1.29, 1.82) is 0 Å². The SMILES string of the molecule is CCOC(=O)C1=C(C)NC(C=NN)=C(C(=O)OCC)C1c1ccccc1Cl. The van der Waals surface area contributed by atoms with E-state index in [0.717, 1.165) is 0 Å². The van der Waals surface area contributed by atoms with Crippen LogP contribution in [0.4, 0.5) is 0 Å². The van der Waals surface area contributed by atoms with Gasteiger partial charge in [0.2, 0.25) is 0 Å².